The normalized spacial score (nSPS) is 14.1. The number of anilines is 1. The Morgan fingerprint density at radius 1 is 0.909 bits per heavy atom. The molecular formula is C25H32FN3O4. The largest absolute Gasteiger partial charge is 0.490 e. The lowest BCUT2D eigenvalue weighted by Crippen LogP contribution is -2.50. The molecule has 1 N–H and O–H groups in total. The maximum atomic E-state index is 13.0. The van der Waals surface area contributed by atoms with Crippen LogP contribution in [0.2, 0.25) is 0 Å². The number of halogens is 1. The van der Waals surface area contributed by atoms with Crippen LogP contribution in [0.15, 0.2) is 42.5 Å². The topological polar surface area (TPSA) is 71.1 Å². The van der Waals surface area contributed by atoms with E-state index >= 15 is 0 Å². The van der Waals surface area contributed by atoms with Crippen LogP contribution in [-0.4, -0.2) is 67.6 Å². The first-order valence-electron chi connectivity index (χ1n) is 11.5. The lowest BCUT2D eigenvalue weighted by atomic mass is 10.1. The first kappa shape index (κ1) is 24.5. The van der Waals surface area contributed by atoms with Gasteiger partial charge in [0.1, 0.15) is 5.82 Å². The van der Waals surface area contributed by atoms with Crippen LogP contribution >= 0.6 is 0 Å². The summed E-state index contributed by atoms with van der Waals surface area (Å²) in [6.07, 6.45) is 1.75. The second-order valence-corrected chi connectivity index (χ2v) is 7.98. The molecule has 2 amide bonds. The number of rotatable bonds is 10. The molecule has 0 saturated carbocycles. The van der Waals surface area contributed by atoms with Crippen LogP contribution in [-0.2, 0) is 4.79 Å². The molecule has 0 radical (unpaired) electrons. The summed E-state index contributed by atoms with van der Waals surface area (Å²) in [5.74, 6) is 0.669. The van der Waals surface area contributed by atoms with E-state index in [-0.39, 0.29) is 24.2 Å². The molecule has 1 aliphatic rings. The highest BCUT2D eigenvalue weighted by Crippen LogP contribution is 2.29. The molecule has 178 valence electrons. The number of hydrogen-bond donors (Lipinski definition) is 1. The molecule has 2 aromatic rings. The third-order valence-electron chi connectivity index (χ3n) is 5.27. The molecule has 1 aliphatic heterocycles. The highest BCUT2D eigenvalue weighted by molar-refractivity contribution is 5.95. The van der Waals surface area contributed by atoms with Crippen molar-refractivity contribution in [2.75, 3.05) is 51.3 Å². The number of carbonyl (C=O) groups is 2. The zero-order valence-corrected chi connectivity index (χ0v) is 19.3. The van der Waals surface area contributed by atoms with Gasteiger partial charge in [0.15, 0.2) is 11.5 Å². The minimum absolute atomic E-state index is 0.0613. The summed E-state index contributed by atoms with van der Waals surface area (Å²) in [6.45, 7) is 7.68. The van der Waals surface area contributed by atoms with Gasteiger partial charge in [-0.2, -0.15) is 0 Å². The van der Waals surface area contributed by atoms with E-state index in [1.165, 1.54) is 24.3 Å². The summed E-state index contributed by atoms with van der Waals surface area (Å²) in [6, 6.07) is 11.0. The van der Waals surface area contributed by atoms with Crippen LogP contribution in [0, 0.1) is 5.82 Å². The zero-order valence-electron chi connectivity index (χ0n) is 19.3. The van der Waals surface area contributed by atoms with E-state index in [0.29, 0.717) is 62.1 Å². The Balaban J connectivity index is 1.53. The van der Waals surface area contributed by atoms with Gasteiger partial charge in [-0.1, -0.05) is 13.8 Å². The van der Waals surface area contributed by atoms with E-state index in [0.717, 1.165) is 12.8 Å². The zero-order chi connectivity index (χ0) is 23.6. The molecular weight excluding hydrogens is 425 g/mol. The standard InChI is InChI=1S/C25H32FN3O4/c1-3-15-32-22-10-5-19(17-23(22)33-16-4-2)25(31)29-13-11-28(12-14-29)18-24(30)27-21-8-6-20(26)7-9-21/h5-10,17H,3-4,11-16,18H2,1-2H3,(H,27,30). The van der Waals surface area contributed by atoms with E-state index < -0.39 is 0 Å². The summed E-state index contributed by atoms with van der Waals surface area (Å²) < 4.78 is 24.6. The average molecular weight is 458 g/mol. The molecule has 0 atom stereocenters. The Bertz CT molecular complexity index is 928. The van der Waals surface area contributed by atoms with E-state index in [4.69, 9.17) is 9.47 Å². The van der Waals surface area contributed by atoms with Crippen molar-refractivity contribution in [2.45, 2.75) is 26.7 Å². The van der Waals surface area contributed by atoms with Gasteiger partial charge >= 0.3 is 0 Å². The number of carbonyl (C=O) groups excluding carboxylic acids is 2. The number of benzene rings is 2. The summed E-state index contributed by atoms with van der Waals surface area (Å²) in [7, 11) is 0. The van der Waals surface area contributed by atoms with Crippen LogP contribution in [0.3, 0.4) is 0 Å². The first-order chi connectivity index (χ1) is 16.0. The maximum absolute atomic E-state index is 13.0. The van der Waals surface area contributed by atoms with Crippen molar-refractivity contribution in [3.63, 3.8) is 0 Å². The van der Waals surface area contributed by atoms with E-state index in [9.17, 15) is 14.0 Å². The Morgan fingerprint density at radius 2 is 1.55 bits per heavy atom. The predicted octanol–water partition coefficient (Wildman–Crippen LogP) is 3.80. The van der Waals surface area contributed by atoms with Gasteiger partial charge in [-0.25, -0.2) is 4.39 Å². The Labute approximate surface area is 194 Å². The van der Waals surface area contributed by atoms with E-state index in [1.54, 1.807) is 23.1 Å². The van der Waals surface area contributed by atoms with Crippen molar-refractivity contribution in [2.24, 2.45) is 0 Å². The molecule has 0 aromatic heterocycles. The number of hydrogen-bond acceptors (Lipinski definition) is 5. The monoisotopic (exact) mass is 457 g/mol. The number of nitrogens with zero attached hydrogens (tertiary/aromatic N) is 2. The quantitative estimate of drug-likeness (QED) is 0.588. The molecule has 8 heteroatoms. The summed E-state index contributed by atoms with van der Waals surface area (Å²) in [5, 5.41) is 2.77. The highest BCUT2D eigenvalue weighted by Gasteiger charge is 2.24. The third-order valence-corrected chi connectivity index (χ3v) is 5.27. The van der Waals surface area contributed by atoms with Crippen LogP contribution in [0.25, 0.3) is 0 Å². The van der Waals surface area contributed by atoms with E-state index in [1.807, 2.05) is 18.7 Å². The fourth-order valence-electron chi connectivity index (χ4n) is 3.53. The number of nitrogens with one attached hydrogen (secondary N) is 1. The lowest BCUT2D eigenvalue weighted by molar-refractivity contribution is -0.117. The Kier molecular flexibility index (Phi) is 9.06. The molecule has 7 nitrogen and oxygen atoms in total. The summed E-state index contributed by atoms with van der Waals surface area (Å²) >= 11 is 0. The third kappa shape index (κ3) is 7.18. The lowest BCUT2D eigenvalue weighted by Gasteiger charge is -2.34. The fraction of sp³-hybridized carbons (Fsp3) is 0.440. The molecule has 1 fully saturated rings. The Hall–Kier alpha value is -3.13. The van der Waals surface area contributed by atoms with Gasteiger partial charge in [-0.15, -0.1) is 0 Å². The molecule has 0 spiro atoms. The van der Waals surface area contributed by atoms with E-state index in [2.05, 4.69) is 5.32 Å². The van der Waals surface area contributed by atoms with Gasteiger partial charge in [0, 0.05) is 37.4 Å². The minimum atomic E-state index is -0.346. The fourth-order valence-corrected chi connectivity index (χ4v) is 3.53. The van der Waals surface area contributed by atoms with Crippen molar-refractivity contribution in [3.8, 4) is 11.5 Å². The number of amides is 2. The SMILES string of the molecule is CCCOc1ccc(C(=O)N2CCN(CC(=O)Nc3ccc(F)cc3)CC2)cc1OCCC. The molecule has 0 unspecified atom stereocenters. The van der Waals surface area contributed by atoms with Crippen molar-refractivity contribution in [3.05, 3.63) is 53.8 Å². The van der Waals surface area contributed by atoms with Gasteiger partial charge in [0.05, 0.1) is 19.8 Å². The second-order valence-electron chi connectivity index (χ2n) is 7.98. The van der Waals surface area contributed by atoms with Crippen molar-refractivity contribution < 1.29 is 23.5 Å². The summed E-state index contributed by atoms with van der Waals surface area (Å²) in [4.78, 5) is 29.1. The molecule has 0 aliphatic carbocycles. The van der Waals surface area contributed by atoms with Crippen molar-refractivity contribution in [1.82, 2.24) is 9.80 Å². The average Bonchev–Trinajstić information content (AvgIpc) is 2.83. The first-order valence-corrected chi connectivity index (χ1v) is 11.5. The van der Waals surface area contributed by atoms with Gasteiger partial charge in [0.2, 0.25) is 5.91 Å². The summed E-state index contributed by atoms with van der Waals surface area (Å²) in [5.41, 5.74) is 1.12. The molecule has 1 heterocycles. The molecule has 33 heavy (non-hydrogen) atoms. The van der Waals surface area contributed by atoms with Crippen molar-refractivity contribution >= 4 is 17.5 Å². The number of piperazine rings is 1. The van der Waals surface area contributed by atoms with Gasteiger partial charge in [-0.05, 0) is 55.3 Å². The highest BCUT2D eigenvalue weighted by atomic mass is 19.1. The minimum Gasteiger partial charge on any atom is -0.490 e. The van der Waals surface area contributed by atoms with Crippen LogP contribution < -0.4 is 14.8 Å². The molecule has 2 aromatic carbocycles. The van der Waals surface area contributed by atoms with Gasteiger partial charge < -0.3 is 19.7 Å². The van der Waals surface area contributed by atoms with Crippen LogP contribution in [0.5, 0.6) is 11.5 Å². The molecule has 1 saturated heterocycles. The van der Waals surface area contributed by atoms with Gasteiger partial charge in [0.25, 0.3) is 5.91 Å². The predicted molar refractivity (Wildman–Crippen MR) is 125 cm³/mol. The maximum Gasteiger partial charge on any atom is 0.254 e. The van der Waals surface area contributed by atoms with Crippen molar-refractivity contribution in [1.29, 1.82) is 0 Å². The molecule has 0 bridgehead atoms. The van der Waals surface area contributed by atoms with Gasteiger partial charge in [-0.3, -0.25) is 14.5 Å². The van der Waals surface area contributed by atoms with Crippen LogP contribution in [0.4, 0.5) is 10.1 Å². The molecule has 3 rings (SSSR count). The second kappa shape index (κ2) is 12.2. The number of ether oxygens (including phenoxy) is 2. The Morgan fingerprint density at radius 3 is 2.18 bits per heavy atom. The van der Waals surface area contributed by atoms with Crippen LogP contribution in [0.1, 0.15) is 37.0 Å². The smallest absolute Gasteiger partial charge is 0.254 e.